The zero-order chi connectivity index (χ0) is 8.43. The Balaban J connectivity index is 3.27. The summed E-state index contributed by atoms with van der Waals surface area (Å²) in [6, 6.07) is 6.02. The first-order valence-corrected chi connectivity index (χ1v) is 4.36. The summed E-state index contributed by atoms with van der Waals surface area (Å²) in [6.07, 6.45) is 0. The van der Waals surface area contributed by atoms with Gasteiger partial charge >= 0.3 is 0 Å². The fourth-order valence-corrected chi connectivity index (χ4v) is 1.40. The largest absolute Gasteiger partial charge is 0.366 e. The number of hydrogen-bond donors (Lipinski definition) is 1. The van der Waals surface area contributed by atoms with Gasteiger partial charge in [0.15, 0.2) is 0 Å². The Bertz CT molecular complexity index is 298. The Kier molecular flexibility index (Phi) is 2.67. The van der Waals surface area contributed by atoms with Crippen LogP contribution < -0.4 is 5.73 Å². The van der Waals surface area contributed by atoms with Gasteiger partial charge in [0, 0.05) is 8.95 Å². The lowest BCUT2D eigenvalue weighted by atomic mass is 10.2. The van der Waals surface area contributed by atoms with Crippen molar-refractivity contribution in [1.29, 1.82) is 0 Å². The van der Waals surface area contributed by atoms with Gasteiger partial charge in [-0.25, -0.2) is 0 Å². The minimum Gasteiger partial charge on any atom is -0.366 e. The van der Waals surface area contributed by atoms with Gasteiger partial charge in [-0.2, -0.15) is 0 Å². The molecule has 1 amide bonds. The van der Waals surface area contributed by atoms with Gasteiger partial charge in [-0.1, -0.05) is 0 Å². The van der Waals surface area contributed by atoms with Crippen molar-refractivity contribution in [3.8, 4) is 0 Å². The third kappa shape index (κ3) is 1.81. The van der Waals surface area contributed by atoms with Crippen molar-refractivity contribution >= 4 is 37.8 Å². The number of benzene rings is 1. The van der Waals surface area contributed by atoms with E-state index in [0.717, 1.165) is 4.47 Å². The molecule has 0 aliphatic rings. The molecule has 0 atom stereocenters. The Morgan fingerprint density at radius 1 is 1.45 bits per heavy atom. The van der Waals surface area contributed by atoms with E-state index in [0.29, 0.717) is 10.0 Å². The van der Waals surface area contributed by atoms with Crippen LogP contribution in [0.5, 0.6) is 0 Å². The fraction of sp³-hybridized carbons (Fsp3) is 0. The van der Waals surface area contributed by atoms with E-state index in [1.165, 1.54) is 6.07 Å². The predicted molar refractivity (Wildman–Crippen MR) is 49.2 cm³/mol. The highest BCUT2D eigenvalue weighted by Crippen LogP contribution is 2.25. The number of amides is 1. The number of hydrogen-bond acceptors (Lipinski definition) is 1. The van der Waals surface area contributed by atoms with Crippen molar-refractivity contribution in [3.63, 3.8) is 0 Å². The second-order valence-corrected chi connectivity index (χ2v) is 3.54. The van der Waals surface area contributed by atoms with E-state index in [-0.39, 0.29) is 0 Å². The van der Waals surface area contributed by atoms with Crippen LogP contribution in [0.15, 0.2) is 21.1 Å². The molecule has 0 spiro atoms. The maximum Gasteiger partial charge on any atom is 0.249 e. The van der Waals surface area contributed by atoms with Gasteiger partial charge in [-0.15, -0.1) is 0 Å². The van der Waals surface area contributed by atoms with E-state index in [9.17, 15) is 4.79 Å². The number of rotatable bonds is 1. The Labute approximate surface area is 81.0 Å². The van der Waals surface area contributed by atoms with Crippen LogP contribution in [0.1, 0.15) is 10.4 Å². The molecule has 1 aromatic rings. The number of primary amides is 1. The molecule has 0 heterocycles. The molecule has 1 aromatic carbocycles. The molecule has 0 aliphatic heterocycles. The topological polar surface area (TPSA) is 43.1 Å². The van der Waals surface area contributed by atoms with Gasteiger partial charge < -0.3 is 5.73 Å². The molecule has 11 heavy (non-hydrogen) atoms. The van der Waals surface area contributed by atoms with Crippen molar-refractivity contribution in [2.45, 2.75) is 0 Å². The molecule has 2 nitrogen and oxygen atoms in total. The fourth-order valence-electron chi connectivity index (χ4n) is 0.633. The first kappa shape index (κ1) is 8.74. The molecule has 0 bridgehead atoms. The molecule has 57 valence electrons. The third-order valence-electron chi connectivity index (χ3n) is 1.15. The zero-order valence-corrected chi connectivity index (χ0v) is 8.57. The number of halogens is 2. The second-order valence-electron chi connectivity index (χ2n) is 1.90. The standard InChI is InChI=1S/C7H4Br2NO/c8-5-3-1-2-4(6(5)9)7(10)11/h2-3H,(H2,10,11). The van der Waals surface area contributed by atoms with E-state index >= 15 is 0 Å². The summed E-state index contributed by atoms with van der Waals surface area (Å²) in [5, 5.41) is 0. The first-order chi connectivity index (χ1) is 5.13. The first-order valence-electron chi connectivity index (χ1n) is 2.78. The second kappa shape index (κ2) is 3.36. The van der Waals surface area contributed by atoms with Crippen molar-refractivity contribution < 1.29 is 4.79 Å². The van der Waals surface area contributed by atoms with E-state index in [4.69, 9.17) is 5.73 Å². The molecule has 0 saturated heterocycles. The van der Waals surface area contributed by atoms with Crippen LogP contribution in [0.3, 0.4) is 0 Å². The highest BCUT2D eigenvalue weighted by Gasteiger charge is 2.07. The van der Waals surface area contributed by atoms with E-state index in [2.05, 4.69) is 37.9 Å². The average molecular weight is 278 g/mol. The van der Waals surface area contributed by atoms with E-state index in [1.54, 1.807) is 6.07 Å². The van der Waals surface area contributed by atoms with E-state index in [1.807, 2.05) is 0 Å². The quantitative estimate of drug-likeness (QED) is 0.840. The monoisotopic (exact) mass is 276 g/mol. The minimum atomic E-state index is -0.463. The van der Waals surface area contributed by atoms with Crippen LogP contribution >= 0.6 is 31.9 Å². The van der Waals surface area contributed by atoms with Crippen molar-refractivity contribution in [2.75, 3.05) is 0 Å². The molecular weight excluding hydrogens is 274 g/mol. The minimum absolute atomic E-state index is 0.430. The molecular formula is C7H4Br2NO. The summed E-state index contributed by atoms with van der Waals surface area (Å²) in [4.78, 5) is 10.7. The number of nitrogens with two attached hydrogens (primary N) is 1. The molecule has 0 unspecified atom stereocenters. The third-order valence-corrected chi connectivity index (χ3v) is 3.16. The molecule has 4 heteroatoms. The smallest absolute Gasteiger partial charge is 0.249 e. The molecule has 0 fully saturated rings. The maximum absolute atomic E-state index is 10.7. The van der Waals surface area contributed by atoms with Gasteiger partial charge in [-0.05, 0) is 50.1 Å². The van der Waals surface area contributed by atoms with Crippen LogP contribution in [0.4, 0.5) is 0 Å². The van der Waals surface area contributed by atoms with Crippen LogP contribution in [-0.4, -0.2) is 5.91 Å². The molecule has 1 radical (unpaired) electrons. The lowest BCUT2D eigenvalue weighted by Gasteiger charge is -1.99. The summed E-state index contributed by atoms with van der Waals surface area (Å²) in [5.74, 6) is -0.463. The molecule has 0 saturated carbocycles. The lowest BCUT2D eigenvalue weighted by molar-refractivity contribution is 0.0999. The number of carbonyl (C=O) groups is 1. The Morgan fingerprint density at radius 2 is 2.09 bits per heavy atom. The van der Waals surface area contributed by atoms with Crippen molar-refractivity contribution in [1.82, 2.24) is 0 Å². The summed E-state index contributed by atoms with van der Waals surface area (Å²) >= 11 is 6.44. The van der Waals surface area contributed by atoms with Gasteiger partial charge in [0.1, 0.15) is 0 Å². The molecule has 0 aromatic heterocycles. The van der Waals surface area contributed by atoms with Crippen molar-refractivity contribution in [3.05, 3.63) is 32.7 Å². The lowest BCUT2D eigenvalue weighted by Crippen LogP contribution is -2.11. The van der Waals surface area contributed by atoms with Crippen LogP contribution in [0.25, 0.3) is 0 Å². The molecule has 1 rings (SSSR count). The van der Waals surface area contributed by atoms with Gasteiger partial charge in [0.05, 0.1) is 5.56 Å². The van der Waals surface area contributed by atoms with Crippen LogP contribution in [0.2, 0.25) is 0 Å². The molecule has 0 aliphatic carbocycles. The maximum atomic E-state index is 10.7. The highest BCUT2D eigenvalue weighted by molar-refractivity contribution is 9.13. The zero-order valence-electron chi connectivity index (χ0n) is 5.40. The summed E-state index contributed by atoms with van der Waals surface area (Å²) < 4.78 is 1.44. The van der Waals surface area contributed by atoms with Crippen LogP contribution in [0, 0.1) is 6.07 Å². The predicted octanol–water partition coefficient (Wildman–Crippen LogP) is 2.11. The SMILES string of the molecule is NC(=O)c1c[c]cc(Br)c1Br. The van der Waals surface area contributed by atoms with Crippen molar-refractivity contribution in [2.24, 2.45) is 5.73 Å². The molecule has 2 N–H and O–H groups in total. The normalized spacial score (nSPS) is 9.64. The Hall–Kier alpha value is -0.350. The van der Waals surface area contributed by atoms with Gasteiger partial charge in [0.2, 0.25) is 5.91 Å². The van der Waals surface area contributed by atoms with E-state index < -0.39 is 5.91 Å². The Morgan fingerprint density at radius 3 is 2.55 bits per heavy atom. The summed E-state index contributed by atoms with van der Waals surface area (Å²) in [5.41, 5.74) is 5.50. The summed E-state index contributed by atoms with van der Waals surface area (Å²) in [6.45, 7) is 0. The average Bonchev–Trinajstić information content (AvgIpc) is 1.94. The summed E-state index contributed by atoms with van der Waals surface area (Å²) in [7, 11) is 0. The van der Waals surface area contributed by atoms with Gasteiger partial charge in [-0.3, -0.25) is 4.79 Å². The van der Waals surface area contributed by atoms with Crippen LogP contribution in [-0.2, 0) is 0 Å². The van der Waals surface area contributed by atoms with Gasteiger partial charge in [0.25, 0.3) is 0 Å². The number of carbonyl (C=O) groups excluding carboxylic acids is 1. The highest BCUT2D eigenvalue weighted by atomic mass is 79.9.